The van der Waals surface area contributed by atoms with Crippen molar-refractivity contribution in [1.82, 2.24) is 0 Å². The summed E-state index contributed by atoms with van der Waals surface area (Å²) in [7, 11) is 0. The molecule has 0 aliphatic carbocycles. The van der Waals surface area contributed by atoms with Gasteiger partial charge in [-0.1, -0.05) is 0 Å². The summed E-state index contributed by atoms with van der Waals surface area (Å²) >= 11 is 3.28. The van der Waals surface area contributed by atoms with E-state index in [9.17, 15) is 0 Å². The van der Waals surface area contributed by atoms with Gasteiger partial charge < -0.3 is 19.2 Å². The highest BCUT2D eigenvalue weighted by Crippen LogP contribution is 2.40. The molecule has 0 unspecified atom stereocenters. The fourth-order valence-electron chi connectivity index (χ4n) is 1.97. The quantitative estimate of drug-likeness (QED) is 0.921. The maximum absolute atomic E-state index is 5.70. The van der Waals surface area contributed by atoms with Crippen molar-refractivity contribution in [3.05, 3.63) is 40.8 Å². The summed E-state index contributed by atoms with van der Waals surface area (Å²) in [5.74, 6) is 1.81. The molecule has 1 aromatic carbocycles. The summed E-state index contributed by atoms with van der Waals surface area (Å²) in [6.45, 7) is 4.40. The summed E-state index contributed by atoms with van der Waals surface area (Å²) in [4.78, 5) is 0. The third kappa shape index (κ3) is 2.71. The second-order valence-corrected chi connectivity index (χ2v) is 5.61. The fraction of sp³-hybridized carbons (Fsp3) is 0.286. The highest BCUT2D eigenvalue weighted by Gasteiger charge is 2.31. The van der Waals surface area contributed by atoms with Gasteiger partial charge in [0.05, 0.1) is 6.54 Å². The van der Waals surface area contributed by atoms with Crippen LogP contribution < -0.4 is 14.8 Å². The third-order valence-electron chi connectivity index (χ3n) is 2.75. The summed E-state index contributed by atoms with van der Waals surface area (Å²) in [6.07, 6.45) is 0. The predicted octanol–water partition coefficient (Wildman–Crippen LogP) is 4.16. The molecule has 1 aromatic heterocycles. The first-order valence-electron chi connectivity index (χ1n) is 6.02. The van der Waals surface area contributed by atoms with E-state index in [0.717, 1.165) is 27.6 Å². The van der Waals surface area contributed by atoms with Crippen LogP contribution in [0.5, 0.6) is 11.5 Å². The molecule has 100 valence electrons. The highest BCUT2D eigenvalue weighted by atomic mass is 79.9. The highest BCUT2D eigenvalue weighted by molar-refractivity contribution is 9.10. The van der Waals surface area contributed by atoms with E-state index in [4.69, 9.17) is 13.9 Å². The van der Waals surface area contributed by atoms with Crippen molar-refractivity contribution in [3.63, 3.8) is 0 Å². The second-order valence-electron chi connectivity index (χ2n) is 4.82. The molecule has 0 amide bonds. The molecule has 0 saturated carbocycles. The number of nitrogens with one attached hydrogen (secondary N) is 1. The van der Waals surface area contributed by atoms with Gasteiger partial charge in [-0.2, -0.15) is 0 Å². The van der Waals surface area contributed by atoms with Crippen molar-refractivity contribution in [2.45, 2.75) is 26.2 Å². The average Bonchev–Trinajstić information content (AvgIpc) is 2.87. The zero-order valence-corrected chi connectivity index (χ0v) is 12.3. The largest absolute Gasteiger partial charge is 0.452 e. The van der Waals surface area contributed by atoms with Gasteiger partial charge in [0.2, 0.25) is 5.79 Å². The Morgan fingerprint density at radius 1 is 1.11 bits per heavy atom. The first-order chi connectivity index (χ1) is 9.02. The van der Waals surface area contributed by atoms with Crippen LogP contribution in [0.3, 0.4) is 0 Å². The normalized spacial score (nSPS) is 15.5. The topological polar surface area (TPSA) is 43.6 Å². The van der Waals surface area contributed by atoms with E-state index in [1.54, 1.807) is 0 Å². The van der Waals surface area contributed by atoms with Gasteiger partial charge in [-0.05, 0) is 40.2 Å². The Kier molecular flexibility index (Phi) is 2.93. The minimum Gasteiger partial charge on any atom is -0.452 e. The molecule has 0 saturated heterocycles. The van der Waals surface area contributed by atoms with Gasteiger partial charge in [0.1, 0.15) is 5.76 Å². The zero-order valence-electron chi connectivity index (χ0n) is 10.7. The zero-order chi connectivity index (χ0) is 13.5. The smallest absolute Gasteiger partial charge is 0.246 e. The molecule has 1 aliphatic rings. The molecule has 0 spiro atoms. The van der Waals surface area contributed by atoms with Crippen molar-refractivity contribution >= 4 is 21.6 Å². The molecule has 2 heterocycles. The van der Waals surface area contributed by atoms with Gasteiger partial charge >= 0.3 is 0 Å². The number of hydrogen-bond donors (Lipinski definition) is 1. The van der Waals surface area contributed by atoms with Crippen molar-refractivity contribution in [2.75, 3.05) is 5.32 Å². The molecule has 0 atom stereocenters. The van der Waals surface area contributed by atoms with Crippen LogP contribution in [0.1, 0.15) is 19.6 Å². The maximum Gasteiger partial charge on any atom is 0.246 e. The Hall–Kier alpha value is -1.62. The number of benzene rings is 1. The Balaban J connectivity index is 1.70. The Labute approximate surface area is 119 Å². The number of ether oxygens (including phenoxy) is 2. The van der Waals surface area contributed by atoms with Crippen LogP contribution in [-0.4, -0.2) is 5.79 Å². The molecule has 0 bridgehead atoms. The van der Waals surface area contributed by atoms with Crippen LogP contribution in [0, 0.1) is 0 Å². The molecule has 0 radical (unpaired) electrons. The first kappa shape index (κ1) is 12.4. The van der Waals surface area contributed by atoms with E-state index in [2.05, 4.69) is 21.2 Å². The molecule has 5 heteroatoms. The molecule has 4 nitrogen and oxygen atoms in total. The molecule has 1 N–H and O–H groups in total. The van der Waals surface area contributed by atoms with Crippen LogP contribution in [0.25, 0.3) is 0 Å². The Morgan fingerprint density at radius 3 is 2.63 bits per heavy atom. The number of hydrogen-bond acceptors (Lipinski definition) is 4. The monoisotopic (exact) mass is 323 g/mol. The van der Waals surface area contributed by atoms with E-state index in [1.165, 1.54) is 0 Å². The molecule has 1 aliphatic heterocycles. The fourth-order valence-corrected chi connectivity index (χ4v) is 2.31. The lowest BCUT2D eigenvalue weighted by atomic mass is 10.2. The number of rotatable bonds is 3. The lowest BCUT2D eigenvalue weighted by Gasteiger charge is -2.16. The van der Waals surface area contributed by atoms with Gasteiger partial charge in [0.25, 0.3) is 0 Å². The minimum absolute atomic E-state index is 0.590. The molecule has 2 aromatic rings. The van der Waals surface area contributed by atoms with E-state index in [-0.39, 0.29) is 0 Å². The van der Waals surface area contributed by atoms with Crippen molar-refractivity contribution in [3.8, 4) is 11.5 Å². The van der Waals surface area contributed by atoms with Crippen LogP contribution >= 0.6 is 15.9 Å². The van der Waals surface area contributed by atoms with Crippen LogP contribution in [-0.2, 0) is 6.54 Å². The summed E-state index contributed by atoms with van der Waals surface area (Å²) < 4.78 is 17.5. The van der Waals surface area contributed by atoms with E-state index >= 15 is 0 Å². The van der Waals surface area contributed by atoms with Gasteiger partial charge in [-0.3, -0.25) is 0 Å². The van der Waals surface area contributed by atoms with Crippen LogP contribution in [0.4, 0.5) is 5.69 Å². The summed E-state index contributed by atoms with van der Waals surface area (Å²) in [5, 5.41) is 3.28. The predicted molar refractivity (Wildman–Crippen MR) is 75.5 cm³/mol. The van der Waals surface area contributed by atoms with Crippen molar-refractivity contribution < 1.29 is 13.9 Å². The standard InChI is InChI=1S/C14H14BrNO3/c1-14(2)18-11-5-3-9(7-12(11)19-14)16-8-10-4-6-13(15)17-10/h3-7,16H,8H2,1-2H3. The van der Waals surface area contributed by atoms with Crippen molar-refractivity contribution in [2.24, 2.45) is 0 Å². The SMILES string of the molecule is CC1(C)Oc2ccc(NCc3ccc(Br)o3)cc2O1. The van der Waals surface area contributed by atoms with Crippen molar-refractivity contribution in [1.29, 1.82) is 0 Å². The van der Waals surface area contributed by atoms with Gasteiger partial charge in [0.15, 0.2) is 16.2 Å². The molecule has 0 fully saturated rings. The number of anilines is 1. The van der Waals surface area contributed by atoms with Gasteiger partial charge in [0, 0.05) is 25.6 Å². The number of halogens is 1. The summed E-state index contributed by atoms with van der Waals surface area (Å²) in [5.41, 5.74) is 0.965. The average molecular weight is 324 g/mol. The first-order valence-corrected chi connectivity index (χ1v) is 6.81. The lowest BCUT2D eigenvalue weighted by Crippen LogP contribution is -2.29. The molecular weight excluding hydrogens is 310 g/mol. The second kappa shape index (κ2) is 4.49. The van der Waals surface area contributed by atoms with E-state index in [1.807, 2.05) is 44.2 Å². The van der Waals surface area contributed by atoms with Gasteiger partial charge in [-0.15, -0.1) is 0 Å². The lowest BCUT2D eigenvalue weighted by molar-refractivity contribution is -0.0431. The minimum atomic E-state index is -0.590. The molecular formula is C14H14BrNO3. The van der Waals surface area contributed by atoms with Crippen LogP contribution in [0.15, 0.2) is 39.4 Å². The Bertz CT molecular complexity index is 606. The maximum atomic E-state index is 5.70. The molecule has 3 rings (SSSR count). The molecule has 19 heavy (non-hydrogen) atoms. The van der Waals surface area contributed by atoms with Gasteiger partial charge in [-0.25, -0.2) is 0 Å². The van der Waals surface area contributed by atoms with E-state index < -0.39 is 5.79 Å². The third-order valence-corrected chi connectivity index (χ3v) is 3.18. The summed E-state index contributed by atoms with van der Waals surface area (Å²) in [6, 6.07) is 9.60. The van der Waals surface area contributed by atoms with Crippen LogP contribution in [0.2, 0.25) is 0 Å². The number of fused-ring (bicyclic) bond motifs is 1. The Morgan fingerprint density at radius 2 is 1.89 bits per heavy atom. The van der Waals surface area contributed by atoms with E-state index in [0.29, 0.717) is 6.54 Å². The number of furan rings is 1.